The molecule has 0 aliphatic rings. The summed E-state index contributed by atoms with van der Waals surface area (Å²) in [6.07, 6.45) is 1.04. The summed E-state index contributed by atoms with van der Waals surface area (Å²) in [5.41, 5.74) is 0.243. The maximum Gasteiger partial charge on any atom is 0.326 e. The topological polar surface area (TPSA) is 66.4 Å². The standard InChI is InChI=1S/C15H19Cl2NO3/c1-15(2,3)5-4-12(14(20)21)18-13(19)9-6-10(16)8-11(17)7-9/h6-8,12H,4-5H2,1-3H3,(H,18,19)(H,20,21). The van der Waals surface area contributed by atoms with Crippen molar-refractivity contribution in [2.24, 2.45) is 5.41 Å². The fourth-order valence-electron chi connectivity index (χ4n) is 1.76. The highest BCUT2D eigenvalue weighted by Crippen LogP contribution is 2.22. The van der Waals surface area contributed by atoms with Crippen LogP contribution in [0.2, 0.25) is 10.0 Å². The summed E-state index contributed by atoms with van der Waals surface area (Å²) in [6.45, 7) is 6.05. The number of nitrogens with one attached hydrogen (secondary N) is 1. The molecule has 6 heteroatoms. The molecule has 1 rings (SSSR count). The summed E-state index contributed by atoms with van der Waals surface area (Å²) >= 11 is 11.7. The number of carboxylic acid groups (broad SMARTS) is 1. The summed E-state index contributed by atoms with van der Waals surface area (Å²) in [4.78, 5) is 23.3. The summed E-state index contributed by atoms with van der Waals surface area (Å²) in [7, 11) is 0. The molecule has 4 nitrogen and oxygen atoms in total. The van der Waals surface area contributed by atoms with Crippen molar-refractivity contribution in [2.45, 2.75) is 39.7 Å². The molecule has 1 amide bonds. The maximum atomic E-state index is 12.1. The highest BCUT2D eigenvalue weighted by Gasteiger charge is 2.23. The van der Waals surface area contributed by atoms with Crippen LogP contribution in [0.15, 0.2) is 18.2 Å². The molecule has 21 heavy (non-hydrogen) atoms. The number of aliphatic carboxylic acids is 1. The van der Waals surface area contributed by atoms with Gasteiger partial charge >= 0.3 is 5.97 Å². The minimum atomic E-state index is -1.05. The third-order valence-electron chi connectivity index (χ3n) is 2.91. The van der Waals surface area contributed by atoms with Crippen LogP contribution in [0.1, 0.15) is 44.0 Å². The van der Waals surface area contributed by atoms with E-state index in [2.05, 4.69) is 5.32 Å². The van der Waals surface area contributed by atoms with E-state index in [4.69, 9.17) is 23.2 Å². The Morgan fingerprint density at radius 1 is 1.19 bits per heavy atom. The lowest BCUT2D eigenvalue weighted by atomic mass is 9.88. The zero-order chi connectivity index (χ0) is 16.2. The zero-order valence-corrected chi connectivity index (χ0v) is 13.8. The van der Waals surface area contributed by atoms with Crippen LogP contribution < -0.4 is 5.32 Å². The van der Waals surface area contributed by atoms with E-state index in [-0.39, 0.29) is 11.0 Å². The Bertz CT molecular complexity index is 518. The third-order valence-corrected chi connectivity index (χ3v) is 3.35. The number of rotatable bonds is 5. The molecule has 2 N–H and O–H groups in total. The van der Waals surface area contributed by atoms with Gasteiger partial charge < -0.3 is 10.4 Å². The Kier molecular flexibility index (Phi) is 6.05. The minimum absolute atomic E-state index is 0.00219. The van der Waals surface area contributed by atoms with Crippen LogP contribution >= 0.6 is 23.2 Å². The van der Waals surface area contributed by atoms with Gasteiger partial charge in [-0.1, -0.05) is 44.0 Å². The predicted octanol–water partition coefficient (Wildman–Crippen LogP) is 4.00. The van der Waals surface area contributed by atoms with Crippen LogP contribution in [0.5, 0.6) is 0 Å². The highest BCUT2D eigenvalue weighted by molar-refractivity contribution is 6.35. The first-order valence-electron chi connectivity index (χ1n) is 6.58. The first kappa shape index (κ1) is 17.8. The summed E-state index contributed by atoms with van der Waals surface area (Å²) in [5.74, 6) is -1.55. The van der Waals surface area contributed by atoms with Gasteiger partial charge in [-0.25, -0.2) is 4.79 Å². The fraction of sp³-hybridized carbons (Fsp3) is 0.467. The van der Waals surface area contributed by atoms with E-state index < -0.39 is 17.9 Å². The van der Waals surface area contributed by atoms with Crippen molar-refractivity contribution in [1.29, 1.82) is 0 Å². The lowest BCUT2D eigenvalue weighted by Crippen LogP contribution is -2.41. The molecule has 0 aliphatic carbocycles. The molecule has 1 unspecified atom stereocenters. The molecule has 0 aliphatic heterocycles. The second-order valence-electron chi connectivity index (χ2n) is 6.12. The third kappa shape index (κ3) is 6.36. The second kappa shape index (κ2) is 7.14. The number of carbonyl (C=O) groups excluding carboxylic acids is 1. The van der Waals surface area contributed by atoms with Gasteiger partial charge in [-0.3, -0.25) is 4.79 Å². The van der Waals surface area contributed by atoms with Crippen LogP contribution in [0.4, 0.5) is 0 Å². The molecule has 1 aromatic carbocycles. The molecule has 1 atom stereocenters. The molecule has 0 saturated heterocycles. The van der Waals surface area contributed by atoms with Crippen molar-refractivity contribution in [1.82, 2.24) is 5.32 Å². The van der Waals surface area contributed by atoms with E-state index in [1.807, 2.05) is 20.8 Å². The first-order chi connectivity index (χ1) is 9.58. The van der Waals surface area contributed by atoms with Gasteiger partial charge in [0, 0.05) is 15.6 Å². The number of benzene rings is 1. The number of carbonyl (C=O) groups is 2. The van der Waals surface area contributed by atoms with Gasteiger partial charge in [0.2, 0.25) is 0 Å². The Hall–Kier alpha value is -1.26. The van der Waals surface area contributed by atoms with Gasteiger partial charge in [0.15, 0.2) is 0 Å². The van der Waals surface area contributed by atoms with Gasteiger partial charge in [0.25, 0.3) is 5.91 Å². The molecule has 0 heterocycles. The van der Waals surface area contributed by atoms with Crippen molar-refractivity contribution in [2.75, 3.05) is 0 Å². The number of carboxylic acids is 1. The van der Waals surface area contributed by atoms with Gasteiger partial charge in [0.1, 0.15) is 6.04 Å². The van der Waals surface area contributed by atoms with Crippen molar-refractivity contribution in [3.05, 3.63) is 33.8 Å². The Morgan fingerprint density at radius 2 is 1.71 bits per heavy atom. The van der Waals surface area contributed by atoms with Crippen LogP contribution in [-0.4, -0.2) is 23.0 Å². The van der Waals surface area contributed by atoms with E-state index in [1.54, 1.807) is 0 Å². The Labute approximate surface area is 134 Å². The molecule has 1 aromatic rings. The molecule has 0 bridgehead atoms. The van der Waals surface area contributed by atoms with Crippen molar-refractivity contribution < 1.29 is 14.7 Å². The average molecular weight is 332 g/mol. The molecular formula is C15H19Cl2NO3. The molecule has 0 spiro atoms. The number of amides is 1. The summed E-state index contributed by atoms with van der Waals surface area (Å²) in [6, 6.07) is 3.47. The number of hydrogen-bond donors (Lipinski definition) is 2. The van der Waals surface area contributed by atoms with Gasteiger partial charge in [0.05, 0.1) is 0 Å². The quantitative estimate of drug-likeness (QED) is 0.856. The normalized spacial score (nSPS) is 12.8. The van der Waals surface area contributed by atoms with E-state index in [0.717, 1.165) is 0 Å². The Morgan fingerprint density at radius 3 is 2.14 bits per heavy atom. The highest BCUT2D eigenvalue weighted by atomic mass is 35.5. The lowest BCUT2D eigenvalue weighted by Gasteiger charge is -2.21. The van der Waals surface area contributed by atoms with Crippen LogP contribution in [0, 0.1) is 5.41 Å². The Balaban J connectivity index is 2.79. The first-order valence-corrected chi connectivity index (χ1v) is 7.34. The van der Waals surface area contributed by atoms with Crippen molar-refractivity contribution in [3.8, 4) is 0 Å². The maximum absolute atomic E-state index is 12.1. The van der Waals surface area contributed by atoms with Gasteiger partial charge in [-0.2, -0.15) is 0 Å². The smallest absolute Gasteiger partial charge is 0.326 e. The summed E-state index contributed by atoms with van der Waals surface area (Å²) < 4.78 is 0. The molecule has 0 saturated carbocycles. The van der Waals surface area contributed by atoms with E-state index in [9.17, 15) is 14.7 Å². The SMILES string of the molecule is CC(C)(C)CCC(NC(=O)c1cc(Cl)cc(Cl)c1)C(=O)O. The number of hydrogen-bond acceptors (Lipinski definition) is 2. The molecule has 0 aromatic heterocycles. The van der Waals surface area contributed by atoms with Crippen molar-refractivity contribution >= 4 is 35.1 Å². The fourth-order valence-corrected chi connectivity index (χ4v) is 2.29. The second-order valence-corrected chi connectivity index (χ2v) is 6.99. The molecular weight excluding hydrogens is 313 g/mol. The van der Waals surface area contributed by atoms with E-state index in [0.29, 0.717) is 22.9 Å². The molecule has 0 fully saturated rings. The minimum Gasteiger partial charge on any atom is -0.480 e. The van der Waals surface area contributed by atoms with Crippen LogP contribution in [0.25, 0.3) is 0 Å². The van der Waals surface area contributed by atoms with Gasteiger partial charge in [-0.15, -0.1) is 0 Å². The van der Waals surface area contributed by atoms with Crippen molar-refractivity contribution in [3.63, 3.8) is 0 Å². The largest absolute Gasteiger partial charge is 0.480 e. The van der Waals surface area contributed by atoms with E-state index in [1.165, 1.54) is 18.2 Å². The monoisotopic (exact) mass is 331 g/mol. The molecule has 116 valence electrons. The van der Waals surface area contributed by atoms with Crippen LogP contribution in [-0.2, 0) is 4.79 Å². The van der Waals surface area contributed by atoms with Crippen LogP contribution in [0.3, 0.4) is 0 Å². The predicted molar refractivity (Wildman–Crippen MR) is 84.0 cm³/mol. The molecule has 0 radical (unpaired) electrons. The number of halogens is 2. The van der Waals surface area contributed by atoms with Gasteiger partial charge in [-0.05, 0) is 36.5 Å². The summed E-state index contributed by atoms with van der Waals surface area (Å²) in [5, 5.41) is 12.4. The van der Waals surface area contributed by atoms with E-state index >= 15 is 0 Å². The average Bonchev–Trinajstić information content (AvgIpc) is 2.31. The lowest BCUT2D eigenvalue weighted by molar-refractivity contribution is -0.139. The zero-order valence-electron chi connectivity index (χ0n) is 12.2.